The van der Waals surface area contributed by atoms with Gasteiger partial charge in [-0.2, -0.15) is 0 Å². The number of benzene rings is 1. The van der Waals surface area contributed by atoms with E-state index in [9.17, 15) is 9.59 Å². The maximum atomic E-state index is 11.7. The third-order valence-electron chi connectivity index (χ3n) is 3.89. The molecule has 5 nitrogen and oxygen atoms in total. The number of ketones is 2. The minimum Gasteiger partial charge on any atom is -0.497 e. The third kappa shape index (κ3) is 4.63. The predicted molar refractivity (Wildman–Crippen MR) is 104 cm³/mol. The van der Waals surface area contributed by atoms with Crippen molar-refractivity contribution in [1.82, 2.24) is 0 Å². The SMILES string of the molecule is COc1ccc(COC2(N=C3C=C(Cl)C(=O)C(Cl)=C3)C=CC(=O)C=C2)cc1. The molecule has 0 unspecified atom stereocenters. The largest absolute Gasteiger partial charge is 0.497 e. The number of aliphatic imine (C=N–C) groups is 1. The number of hydrogen-bond donors (Lipinski definition) is 0. The van der Waals surface area contributed by atoms with Crippen LogP contribution in [0.1, 0.15) is 5.56 Å². The third-order valence-corrected chi connectivity index (χ3v) is 4.45. The molecule has 2 aliphatic rings. The van der Waals surface area contributed by atoms with E-state index in [1.165, 1.54) is 24.3 Å². The smallest absolute Gasteiger partial charge is 0.215 e. The van der Waals surface area contributed by atoms with Gasteiger partial charge in [0.15, 0.2) is 11.5 Å². The van der Waals surface area contributed by atoms with E-state index in [-0.39, 0.29) is 22.5 Å². The van der Waals surface area contributed by atoms with E-state index in [4.69, 9.17) is 32.7 Å². The molecule has 0 amide bonds. The highest BCUT2D eigenvalue weighted by Crippen LogP contribution is 2.27. The first-order valence-electron chi connectivity index (χ1n) is 7.99. The number of nitrogens with zero attached hydrogens (tertiary/aromatic N) is 1. The Morgan fingerprint density at radius 2 is 1.59 bits per heavy atom. The summed E-state index contributed by atoms with van der Waals surface area (Å²) in [5.74, 6) is 0.110. The Balaban J connectivity index is 1.88. The highest BCUT2D eigenvalue weighted by atomic mass is 35.5. The highest BCUT2D eigenvalue weighted by Gasteiger charge is 2.28. The number of allylic oxidation sites excluding steroid dienone is 6. The van der Waals surface area contributed by atoms with Crippen LogP contribution >= 0.6 is 23.2 Å². The average Bonchev–Trinajstić information content (AvgIpc) is 2.67. The number of carbonyl (C=O) groups is 2. The molecule has 0 saturated carbocycles. The van der Waals surface area contributed by atoms with Gasteiger partial charge in [0.05, 0.1) is 29.5 Å². The summed E-state index contributed by atoms with van der Waals surface area (Å²) >= 11 is 11.8. The lowest BCUT2D eigenvalue weighted by atomic mass is 10.1. The molecule has 3 rings (SSSR count). The van der Waals surface area contributed by atoms with E-state index < -0.39 is 11.5 Å². The van der Waals surface area contributed by atoms with Crippen molar-refractivity contribution in [3.05, 3.63) is 76.3 Å². The Morgan fingerprint density at radius 3 is 2.15 bits per heavy atom. The molecule has 0 heterocycles. The lowest BCUT2D eigenvalue weighted by Gasteiger charge is -2.26. The minimum absolute atomic E-state index is 0.0357. The van der Waals surface area contributed by atoms with Gasteiger partial charge in [-0.15, -0.1) is 0 Å². The first kappa shape index (κ1) is 19.3. The van der Waals surface area contributed by atoms with Gasteiger partial charge in [0.1, 0.15) is 5.75 Å². The molecule has 0 saturated heterocycles. The van der Waals surface area contributed by atoms with Crippen molar-refractivity contribution >= 4 is 40.5 Å². The second-order valence-electron chi connectivity index (χ2n) is 5.81. The fourth-order valence-corrected chi connectivity index (χ4v) is 2.93. The molecule has 0 aromatic heterocycles. The van der Waals surface area contributed by atoms with Gasteiger partial charge < -0.3 is 9.47 Å². The Labute approximate surface area is 166 Å². The number of rotatable bonds is 5. The molecule has 1 aromatic rings. The van der Waals surface area contributed by atoms with Gasteiger partial charge in [-0.1, -0.05) is 35.3 Å². The Hall–Kier alpha value is -2.47. The Bertz CT molecular complexity index is 884. The molecular formula is C20H15Cl2NO4. The zero-order valence-electron chi connectivity index (χ0n) is 14.3. The summed E-state index contributed by atoms with van der Waals surface area (Å²) in [6.45, 7) is 0.234. The molecule has 1 aromatic carbocycles. The molecule has 0 aliphatic heterocycles. The number of ether oxygens (including phenoxy) is 2. The molecule has 0 spiro atoms. The fourth-order valence-electron chi connectivity index (χ4n) is 2.45. The second kappa shape index (κ2) is 8.05. The van der Waals surface area contributed by atoms with Crippen LogP contribution in [-0.2, 0) is 20.9 Å². The zero-order chi connectivity index (χ0) is 19.4. The van der Waals surface area contributed by atoms with Crippen LogP contribution < -0.4 is 4.74 Å². The number of carbonyl (C=O) groups excluding carboxylic acids is 2. The van der Waals surface area contributed by atoms with Crippen molar-refractivity contribution in [2.45, 2.75) is 12.3 Å². The number of Topliss-reactive ketones (excluding diaryl/α,β-unsaturated/α-hetero) is 1. The normalized spacial score (nSPS) is 18.3. The van der Waals surface area contributed by atoms with Crippen molar-refractivity contribution in [3.63, 3.8) is 0 Å². The quantitative estimate of drug-likeness (QED) is 0.699. The van der Waals surface area contributed by atoms with Crippen LogP contribution in [0.4, 0.5) is 0 Å². The van der Waals surface area contributed by atoms with Crippen LogP contribution in [0.15, 0.2) is 75.8 Å². The van der Waals surface area contributed by atoms with E-state index in [2.05, 4.69) is 4.99 Å². The van der Waals surface area contributed by atoms with E-state index in [0.717, 1.165) is 11.3 Å². The van der Waals surface area contributed by atoms with Gasteiger partial charge in [-0.3, -0.25) is 9.59 Å². The molecule has 27 heavy (non-hydrogen) atoms. The van der Waals surface area contributed by atoms with Crippen LogP contribution in [0.5, 0.6) is 5.75 Å². The van der Waals surface area contributed by atoms with Crippen LogP contribution in [0.2, 0.25) is 0 Å². The first-order valence-corrected chi connectivity index (χ1v) is 8.75. The summed E-state index contributed by atoms with van der Waals surface area (Å²) in [6.07, 6.45) is 8.67. The predicted octanol–water partition coefficient (Wildman–Crippen LogP) is 3.87. The average molecular weight is 404 g/mol. The van der Waals surface area contributed by atoms with Crippen LogP contribution in [0, 0.1) is 0 Å². The maximum Gasteiger partial charge on any atom is 0.215 e. The van der Waals surface area contributed by atoms with Gasteiger partial charge in [0, 0.05) is 0 Å². The summed E-state index contributed by atoms with van der Waals surface area (Å²) in [5, 5.41) is -0.0715. The van der Waals surface area contributed by atoms with Crippen LogP contribution in [0.25, 0.3) is 0 Å². The summed E-state index contributed by atoms with van der Waals surface area (Å²) in [7, 11) is 1.59. The molecule has 7 heteroatoms. The summed E-state index contributed by atoms with van der Waals surface area (Å²) < 4.78 is 11.1. The Morgan fingerprint density at radius 1 is 1.00 bits per heavy atom. The van der Waals surface area contributed by atoms with Crippen molar-refractivity contribution < 1.29 is 19.1 Å². The number of methoxy groups -OCH3 is 1. The van der Waals surface area contributed by atoms with E-state index >= 15 is 0 Å². The van der Waals surface area contributed by atoms with Crippen molar-refractivity contribution in [3.8, 4) is 5.75 Å². The number of hydrogen-bond acceptors (Lipinski definition) is 5. The molecule has 138 valence electrons. The fraction of sp³-hybridized carbons (Fsp3) is 0.150. The van der Waals surface area contributed by atoms with Crippen molar-refractivity contribution in [1.29, 1.82) is 0 Å². The van der Waals surface area contributed by atoms with Crippen molar-refractivity contribution in [2.75, 3.05) is 7.11 Å². The van der Waals surface area contributed by atoms with Gasteiger partial charge in [-0.25, -0.2) is 4.99 Å². The monoisotopic (exact) mass is 403 g/mol. The van der Waals surface area contributed by atoms with E-state index in [1.54, 1.807) is 19.3 Å². The summed E-state index contributed by atoms with van der Waals surface area (Å²) in [4.78, 5) is 27.7. The van der Waals surface area contributed by atoms with Gasteiger partial charge in [0.25, 0.3) is 0 Å². The van der Waals surface area contributed by atoms with Crippen LogP contribution in [0.3, 0.4) is 0 Å². The molecule has 0 N–H and O–H groups in total. The number of halogens is 2. The van der Waals surface area contributed by atoms with Crippen molar-refractivity contribution in [2.24, 2.45) is 4.99 Å². The second-order valence-corrected chi connectivity index (χ2v) is 6.62. The van der Waals surface area contributed by atoms with Crippen LogP contribution in [-0.4, -0.2) is 30.1 Å². The molecule has 0 radical (unpaired) electrons. The first-order chi connectivity index (χ1) is 12.9. The standard InChI is InChI=1S/C20H15Cl2NO4/c1-26-16-4-2-13(3-5-16)12-27-20(8-6-15(24)7-9-20)23-14-10-17(21)19(25)18(22)11-14/h2-11H,12H2,1H3. The van der Waals surface area contributed by atoms with Gasteiger partial charge in [-0.05, 0) is 54.2 Å². The van der Waals surface area contributed by atoms with E-state index in [0.29, 0.717) is 5.71 Å². The summed E-state index contributed by atoms with van der Waals surface area (Å²) in [6, 6.07) is 7.39. The molecule has 0 fully saturated rings. The molecular weight excluding hydrogens is 389 g/mol. The summed E-state index contributed by atoms with van der Waals surface area (Å²) in [5.41, 5.74) is 0.0447. The maximum absolute atomic E-state index is 11.7. The van der Waals surface area contributed by atoms with Gasteiger partial charge in [0.2, 0.25) is 5.78 Å². The lowest BCUT2D eigenvalue weighted by Crippen LogP contribution is -2.29. The lowest BCUT2D eigenvalue weighted by molar-refractivity contribution is -0.111. The molecule has 0 atom stereocenters. The van der Waals surface area contributed by atoms with E-state index in [1.807, 2.05) is 24.3 Å². The molecule has 2 aliphatic carbocycles. The minimum atomic E-state index is -1.22. The Kier molecular flexibility index (Phi) is 5.75. The zero-order valence-corrected chi connectivity index (χ0v) is 15.8. The molecule has 0 bridgehead atoms. The van der Waals surface area contributed by atoms with Gasteiger partial charge >= 0.3 is 0 Å². The highest BCUT2D eigenvalue weighted by molar-refractivity contribution is 6.57. The topological polar surface area (TPSA) is 65.0 Å².